The minimum Gasteiger partial charge on any atom is -0.320 e. The van der Waals surface area contributed by atoms with Crippen LogP contribution in [0, 0.1) is 13.8 Å². The van der Waals surface area contributed by atoms with E-state index in [1.54, 1.807) is 0 Å². The summed E-state index contributed by atoms with van der Waals surface area (Å²) >= 11 is 6.97. The number of benzene rings is 2. The van der Waals surface area contributed by atoms with Crippen LogP contribution >= 0.6 is 31.9 Å². The topological polar surface area (TPSA) is 29.1 Å². The Hall–Kier alpha value is -1.39. The molecule has 2 aromatic carbocycles. The minimum atomic E-state index is -0.0651. The zero-order valence-corrected chi connectivity index (χ0v) is 14.8. The molecule has 106 valence electrons. The molecule has 1 heterocycles. The number of nitrogens with one attached hydrogen (secondary N) is 1. The number of halogens is 2. The van der Waals surface area contributed by atoms with Gasteiger partial charge in [-0.3, -0.25) is 4.79 Å². The van der Waals surface area contributed by atoms with E-state index >= 15 is 0 Å². The molecule has 0 saturated heterocycles. The predicted octanol–water partition coefficient (Wildman–Crippen LogP) is 5.32. The van der Waals surface area contributed by atoms with Gasteiger partial charge in [-0.1, -0.05) is 39.7 Å². The second-order valence-electron chi connectivity index (χ2n) is 5.18. The Morgan fingerprint density at radius 1 is 1.10 bits per heavy atom. The maximum Gasteiger partial charge on any atom is 0.256 e. The molecule has 0 spiro atoms. The van der Waals surface area contributed by atoms with Crippen LogP contribution in [0.1, 0.15) is 22.3 Å². The Balaban J connectivity index is 2.19. The highest BCUT2D eigenvalue weighted by Crippen LogP contribution is 2.40. The fourth-order valence-corrected chi connectivity index (χ4v) is 3.75. The number of rotatable bonds is 1. The van der Waals surface area contributed by atoms with Gasteiger partial charge in [0, 0.05) is 20.1 Å². The zero-order chi connectivity index (χ0) is 15.1. The summed E-state index contributed by atoms with van der Waals surface area (Å²) in [6.45, 7) is 4.10. The van der Waals surface area contributed by atoms with Gasteiger partial charge >= 0.3 is 0 Å². The normalized spacial score (nSPS) is 15.2. The summed E-state index contributed by atoms with van der Waals surface area (Å²) in [7, 11) is 0. The first-order chi connectivity index (χ1) is 9.95. The molecule has 0 aliphatic carbocycles. The van der Waals surface area contributed by atoms with Gasteiger partial charge in [0.25, 0.3) is 5.91 Å². The van der Waals surface area contributed by atoms with Crippen LogP contribution in [0.15, 0.2) is 39.3 Å². The van der Waals surface area contributed by atoms with Crippen molar-refractivity contribution in [1.82, 2.24) is 0 Å². The lowest BCUT2D eigenvalue weighted by atomic mass is 10.00. The Kier molecular flexibility index (Phi) is 3.76. The molecule has 0 aromatic heterocycles. The molecule has 2 nitrogen and oxygen atoms in total. The van der Waals surface area contributed by atoms with Crippen molar-refractivity contribution < 1.29 is 4.79 Å². The van der Waals surface area contributed by atoms with Crippen molar-refractivity contribution in [3.63, 3.8) is 0 Å². The summed E-state index contributed by atoms with van der Waals surface area (Å²) in [4.78, 5) is 12.3. The van der Waals surface area contributed by atoms with Crippen LogP contribution in [0.25, 0.3) is 11.6 Å². The van der Waals surface area contributed by atoms with E-state index in [4.69, 9.17) is 0 Å². The first-order valence-corrected chi connectivity index (χ1v) is 8.14. The van der Waals surface area contributed by atoms with Crippen LogP contribution in [0.5, 0.6) is 0 Å². The molecule has 1 aliphatic rings. The van der Waals surface area contributed by atoms with Crippen LogP contribution in [0.4, 0.5) is 5.69 Å². The highest BCUT2D eigenvalue weighted by Gasteiger charge is 2.26. The third-order valence-corrected chi connectivity index (χ3v) is 4.65. The van der Waals surface area contributed by atoms with Gasteiger partial charge in [0.2, 0.25) is 0 Å². The van der Waals surface area contributed by atoms with Crippen LogP contribution in [-0.4, -0.2) is 5.91 Å². The van der Waals surface area contributed by atoms with Gasteiger partial charge in [-0.2, -0.15) is 0 Å². The van der Waals surface area contributed by atoms with E-state index < -0.39 is 0 Å². The van der Waals surface area contributed by atoms with Crippen molar-refractivity contribution in [3.05, 3.63) is 61.5 Å². The molecule has 1 amide bonds. The predicted molar refractivity (Wildman–Crippen MR) is 94.3 cm³/mol. The van der Waals surface area contributed by atoms with E-state index in [2.05, 4.69) is 69.2 Å². The number of aryl methyl sites for hydroxylation is 2. The second kappa shape index (κ2) is 5.43. The number of hydrogen-bond acceptors (Lipinski definition) is 1. The summed E-state index contributed by atoms with van der Waals surface area (Å²) in [5.41, 5.74) is 5.86. The fourth-order valence-electron chi connectivity index (χ4n) is 2.43. The standard InChI is InChI=1S/C17H13Br2NO/c1-9-3-4-10(2)11(5-9)6-14-13-7-12(18)8-15(19)16(13)20-17(14)21/h3-8H,1-2H3,(H,20,21). The molecule has 1 aliphatic heterocycles. The first-order valence-electron chi connectivity index (χ1n) is 6.55. The van der Waals surface area contributed by atoms with Crippen molar-refractivity contribution in [2.24, 2.45) is 0 Å². The molecule has 0 atom stereocenters. The summed E-state index contributed by atoms with van der Waals surface area (Å²) in [6, 6.07) is 10.1. The van der Waals surface area contributed by atoms with Crippen molar-refractivity contribution in [2.75, 3.05) is 5.32 Å². The Morgan fingerprint density at radius 2 is 1.86 bits per heavy atom. The van der Waals surface area contributed by atoms with Crippen molar-refractivity contribution in [3.8, 4) is 0 Å². The van der Waals surface area contributed by atoms with Gasteiger partial charge in [-0.05, 0) is 59.1 Å². The maximum absolute atomic E-state index is 12.3. The number of amides is 1. The van der Waals surface area contributed by atoms with Gasteiger partial charge < -0.3 is 5.32 Å². The molecular formula is C17H13Br2NO. The van der Waals surface area contributed by atoms with Gasteiger partial charge in [-0.15, -0.1) is 0 Å². The summed E-state index contributed by atoms with van der Waals surface area (Å²) in [5.74, 6) is -0.0651. The molecule has 0 radical (unpaired) electrons. The van der Waals surface area contributed by atoms with Crippen LogP contribution in [0.3, 0.4) is 0 Å². The minimum absolute atomic E-state index is 0.0651. The van der Waals surface area contributed by atoms with E-state index in [1.165, 1.54) is 5.56 Å². The molecule has 0 bridgehead atoms. The van der Waals surface area contributed by atoms with Gasteiger partial charge in [0.1, 0.15) is 0 Å². The first kappa shape index (κ1) is 14.5. The van der Waals surface area contributed by atoms with Gasteiger partial charge in [-0.25, -0.2) is 0 Å². The van der Waals surface area contributed by atoms with E-state index in [9.17, 15) is 4.79 Å². The lowest BCUT2D eigenvalue weighted by Crippen LogP contribution is -2.04. The van der Waals surface area contributed by atoms with E-state index in [0.29, 0.717) is 5.57 Å². The molecule has 2 aromatic rings. The summed E-state index contributed by atoms with van der Waals surface area (Å²) in [5, 5.41) is 2.92. The molecule has 0 fully saturated rings. The third kappa shape index (κ3) is 2.70. The Labute approximate surface area is 140 Å². The number of carbonyl (C=O) groups is 1. The average Bonchev–Trinajstić information content (AvgIpc) is 2.72. The van der Waals surface area contributed by atoms with E-state index in [-0.39, 0.29) is 5.91 Å². The zero-order valence-electron chi connectivity index (χ0n) is 11.6. The Bertz CT molecular complexity index is 794. The van der Waals surface area contributed by atoms with E-state index in [1.807, 2.05) is 18.2 Å². The SMILES string of the molecule is Cc1ccc(C)c(C=C2C(=O)Nc3c(Br)cc(Br)cc32)c1. The molecule has 21 heavy (non-hydrogen) atoms. The monoisotopic (exact) mass is 405 g/mol. The van der Waals surface area contributed by atoms with E-state index in [0.717, 1.165) is 31.3 Å². The van der Waals surface area contributed by atoms with Crippen LogP contribution in [0.2, 0.25) is 0 Å². The molecule has 1 N–H and O–H groups in total. The molecule has 3 rings (SSSR count). The maximum atomic E-state index is 12.3. The third-order valence-electron chi connectivity index (χ3n) is 3.56. The average molecular weight is 407 g/mol. The number of carbonyl (C=O) groups excluding carboxylic acids is 1. The highest BCUT2D eigenvalue weighted by molar-refractivity contribution is 9.11. The number of anilines is 1. The van der Waals surface area contributed by atoms with Crippen molar-refractivity contribution >= 4 is 55.1 Å². The highest BCUT2D eigenvalue weighted by atomic mass is 79.9. The molecule has 4 heteroatoms. The van der Waals surface area contributed by atoms with Gasteiger partial charge in [0.05, 0.1) is 5.69 Å². The number of fused-ring (bicyclic) bond motifs is 1. The quantitative estimate of drug-likeness (QED) is 0.638. The summed E-state index contributed by atoms with van der Waals surface area (Å²) < 4.78 is 1.82. The molecular weight excluding hydrogens is 394 g/mol. The van der Waals surface area contributed by atoms with Crippen molar-refractivity contribution in [2.45, 2.75) is 13.8 Å². The van der Waals surface area contributed by atoms with Crippen molar-refractivity contribution in [1.29, 1.82) is 0 Å². The van der Waals surface area contributed by atoms with Crippen LogP contribution < -0.4 is 5.32 Å². The fraction of sp³-hybridized carbons (Fsp3) is 0.118. The lowest BCUT2D eigenvalue weighted by Gasteiger charge is -2.05. The summed E-state index contributed by atoms with van der Waals surface area (Å²) in [6.07, 6.45) is 1.96. The molecule has 0 saturated carbocycles. The largest absolute Gasteiger partial charge is 0.320 e. The smallest absolute Gasteiger partial charge is 0.256 e. The van der Waals surface area contributed by atoms with Crippen LogP contribution in [-0.2, 0) is 4.79 Å². The second-order valence-corrected chi connectivity index (χ2v) is 6.95. The number of hydrogen-bond donors (Lipinski definition) is 1. The molecule has 0 unspecified atom stereocenters. The lowest BCUT2D eigenvalue weighted by molar-refractivity contribution is -0.110. The Morgan fingerprint density at radius 3 is 2.62 bits per heavy atom. The van der Waals surface area contributed by atoms with Gasteiger partial charge in [0.15, 0.2) is 0 Å².